The first-order valence-electron chi connectivity index (χ1n) is 9.26. The number of fused-ring (bicyclic) bond motifs is 1. The van der Waals surface area contributed by atoms with E-state index in [1.54, 1.807) is 11.6 Å². The van der Waals surface area contributed by atoms with Crippen molar-refractivity contribution in [1.29, 1.82) is 0 Å². The quantitative estimate of drug-likeness (QED) is 0.508. The molecular weight excluding hydrogens is 352 g/mol. The summed E-state index contributed by atoms with van der Waals surface area (Å²) in [5.41, 5.74) is 5.41. The van der Waals surface area contributed by atoms with Crippen molar-refractivity contribution in [2.45, 2.75) is 46.4 Å². The fourth-order valence-electron chi connectivity index (χ4n) is 3.24. The van der Waals surface area contributed by atoms with Crippen LogP contribution in [0.3, 0.4) is 0 Å². The first-order chi connectivity index (χ1) is 13.1. The minimum atomic E-state index is -0.495. The normalized spacial score (nSPS) is 11.7. The molecule has 7 heteroatoms. The average molecular weight is 377 g/mol. The summed E-state index contributed by atoms with van der Waals surface area (Å²) < 4.78 is 16.6. The van der Waals surface area contributed by atoms with Gasteiger partial charge in [0, 0.05) is 18.3 Å². The summed E-state index contributed by atoms with van der Waals surface area (Å²) >= 11 is 0. The van der Waals surface area contributed by atoms with E-state index in [1.807, 2.05) is 52.8 Å². The zero-order valence-corrected chi connectivity index (χ0v) is 17.3. The van der Waals surface area contributed by atoms with E-state index in [1.165, 1.54) is 6.20 Å². The Bertz CT molecular complexity index is 1060. The molecule has 1 aromatic carbocycles. The molecule has 0 bridgehead atoms. The Morgan fingerprint density at radius 2 is 2.04 bits per heavy atom. The van der Waals surface area contributed by atoms with Gasteiger partial charge in [-0.05, 0) is 50.5 Å². The van der Waals surface area contributed by atoms with Crippen molar-refractivity contribution in [3.8, 4) is 11.1 Å². The van der Waals surface area contributed by atoms with Gasteiger partial charge in [-0.1, -0.05) is 25.2 Å². The lowest BCUT2D eigenvalue weighted by atomic mass is 9.69. The maximum atomic E-state index is 15.0. The van der Waals surface area contributed by atoms with Gasteiger partial charge >= 0.3 is 0 Å². The fourth-order valence-corrected chi connectivity index (χ4v) is 3.24. The van der Waals surface area contributed by atoms with Gasteiger partial charge in [0.25, 0.3) is 0 Å². The standard InChI is InChI=1S/C21H25BFN5/c1-12(2)25-16-8-7-14(9-13(16)3)18-15(23)11-28-19(18)17(10-21(4,5)22)26-20(24-6)27-28/h7-9,11H,10H2,1-6H3,(H,24,27). The molecule has 144 valence electrons. The molecule has 3 rings (SSSR count). The second-order valence-electron chi connectivity index (χ2n) is 8.00. The first kappa shape index (κ1) is 20.0. The van der Waals surface area contributed by atoms with E-state index in [9.17, 15) is 0 Å². The van der Waals surface area contributed by atoms with Crippen molar-refractivity contribution in [3.05, 3.63) is 41.5 Å². The lowest BCUT2D eigenvalue weighted by molar-refractivity contribution is 0.628. The number of rotatable bonds is 5. The molecule has 0 aliphatic heterocycles. The molecule has 0 amide bonds. The summed E-state index contributed by atoms with van der Waals surface area (Å²) in [6, 6.07) is 5.75. The highest BCUT2D eigenvalue weighted by molar-refractivity contribution is 6.14. The number of hydrogen-bond acceptors (Lipinski definition) is 4. The van der Waals surface area contributed by atoms with Crippen molar-refractivity contribution < 1.29 is 4.39 Å². The molecule has 0 aliphatic carbocycles. The summed E-state index contributed by atoms with van der Waals surface area (Å²) in [6.07, 6.45) is 1.87. The van der Waals surface area contributed by atoms with Crippen molar-refractivity contribution in [1.82, 2.24) is 14.6 Å². The van der Waals surface area contributed by atoms with Crippen molar-refractivity contribution >= 4 is 30.7 Å². The third-order valence-electron chi connectivity index (χ3n) is 4.33. The van der Waals surface area contributed by atoms with Crippen LogP contribution in [0.2, 0.25) is 5.31 Å². The molecule has 0 fully saturated rings. The van der Waals surface area contributed by atoms with Crippen molar-refractivity contribution in [2.24, 2.45) is 4.99 Å². The number of nitrogens with zero attached hydrogens (tertiary/aromatic N) is 4. The molecule has 3 aromatic rings. The maximum Gasteiger partial charge on any atom is 0.241 e. The highest BCUT2D eigenvalue weighted by Crippen LogP contribution is 2.36. The summed E-state index contributed by atoms with van der Waals surface area (Å²) in [5, 5.41) is 6.79. The number of halogens is 1. The Morgan fingerprint density at radius 1 is 1.32 bits per heavy atom. The molecule has 0 spiro atoms. The van der Waals surface area contributed by atoms with Crippen LogP contribution >= 0.6 is 0 Å². The fraction of sp³-hybridized carbons (Fsp3) is 0.381. The van der Waals surface area contributed by atoms with Crippen LogP contribution in [-0.4, -0.2) is 35.2 Å². The highest BCUT2D eigenvalue weighted by atomic mass is 19.1. The van der Waals surface area contributed by atoms with E-state index in [-0.39, 0.29) is 5.82 Å². The number of aryl methyl sites for hydroxylation is 1. The molecular formula is C21H25BFN5. The van der Waals surface area contributed by atoms with Gasteiger partial charge in [0.05, 0.1) is 30.9 Å². The summed E-state index contributed by atoms with van der Waals surface area (Å²) in [6.45, 7) is 9.72. The van der Waals surface area contributed by atoms with E-state index in [0.717, 1.165) is 22.5 Å². The van der Waals surface area contributed by atoms with Gasteiger partial charge in [0.15, 0.2) is 5.82 Å². The number of hydrogen-bond donors (Lipinski definition) is 1. The summed E-state index contributed by atoms with van der Waals surface area (Å²) in [7, 11) is 7.97. The number of anilines is 1. The average Bonchev–Trinajstić information content (AvgIpc) is 2.91. The molecule has 2 heterocycles. The van der Waals surface area contributed by atoms with Gasteiger partial charge in [-0.25, -0.2) is 13.9 Å². The van der Waals surface area contributed by atoms with E-state index in [4.69, 9.17) is 7.85 Å². The molecule has 28 heavy (non-hydrogen) atoms. The van der Waals surface area contributed by atoms with Crippen LogP contribution in [0.25, 0.3) is 16.6 Å². The largest absolute Gasteiger partial charge is 0.356 e. The molecule has 2 aromatic heterocycles. The van der Waals surface area contributed by atoms with Crippen LogP contribution in [0, 0.1) is 12.7 Å². The number of aromatic nitrogens is 3. The molecule has 0 atom stereocenters. The minimum absolute atomic E-state index is 0.346. The predicted molar refractivity (Wildman–Crippen MR) is 115 cm³/mol. The molecule has 0 saturated carbocycles. The minimum Gasteiger partial charge on any atom is -0.356 e. The molecule has 0 aliphatic rings. The van der Waals surface area contributed by atoms with E-state index in [2.05, 4.69) is 20.4 Å². The molecule has 0 saturated heterocycles. The first-order valence-corrected chi connectivity index (χ1v) is 9.26. The third kappa shape index (κ3) is 4.08. The molecule has 0 unspecified atom stereocenters. The van der Waals surface area contributed by atoms with Crippen LogP contribution in [-0.2, 0) is 6.42 Å². The van der Waals surface area contributed by atoms with Crippen LogP contribution in [0.1, 0.15) is 39.0 Å². The monoisotopic (exact) mass is 377 g/mol. The number of benzene rings is 1. The van der Waals surface area contributed by atoms with Gasteiger partial charge in [0.2, 0.25) is 5.95 Å². The number of nitrogens with one attached hydrogen (secondary N) is 1. The van der Waals surface area contributed by atoms with Gasteiger partial charge in [-0.3, -0.25) is 4.99 Å². The maximum absolute atomic E-state index is 15.0. The lowest BCUT2D eigenvalue weighted by Gasteiger charge is -2.19. The smallest absolute Gasteiger partial charge is 0.241 e. The zero-order valence-electron chi connectivity index (χ0n) is 17.3. The van der Waals surface area contributed by atoms with Crippen LogP contribution in [0.5, 0.6) is 0 Å². The second kappa shape index (κ2) is 7.38. The zero-order chi connectivity index (χ0) is 20.6. The predicted octanol–water partition coefficient (Wildman–Crippen LogP) is 4.91. The molecule has 1 N–H and O–H groups in total. The van der Waals surface area contributed by atoms with Crippen LogP contribution in [0.15, 0.2) is 29.4 Å². The highest BCUT2D eigenvalue weighted by Gasteiger charge is 2.22. The van der Waals surface area contributed by atoms with Gasteiger partial charge in [0.1, 0.15) is 0 Å². The molecule has 2 radical (unpaired) electrons. The van der Waals surface area contributed by atoms with E-state index in [0.29, 0.717) is 29.1 Å². The Labute approximate surface area is 166 Å². The van der Waals surface area contributed by atoms with Gasteiger partial charge < -0.3 is 5.32 Å². The number of aliphatic imine (C=N–C) groups is 1. The van der Waals surface area contributed by atoms with Gasteiger partial charge in [-0.15, -0.1) is 5.10 Å². The Kier molecular flexibility index (Phi) is 5.28. The summed E-state index contributed by atoms with van der Waals surface area (Å²) in [5.74, 6) is 0.0774. The Hall–Kier alpha value is -2.70. The van der Waals surface area contributed by atoms with Crippen molar-refractivity contribution in [3.63, 3.8) is 0 Å². The second-order valence-corrected chi connectivity index (χ2v) is 8.00. The third-order valence-corrected chi connectivity index (χ3v) is 4.33. The summed E-state index contributed by atoms with van der Waals surface area (Å²) in [4.78, 5) is 9.10. The lowest BCUT2D eigenvalue weighted by Crippen LogP contribution is -2.12. The van der Waals surface area contributed by atoms with Crippen molar-refractivity contribution in [2.75, 3.05) is 12.4 Å². The topological polar surface area (TPSA) is 54.6 Å². The van der Waals surface area contributed by atoms with E-state index >= 15 is 4.39 Å². The van der Waals surface area contributed by atoms with Crippen LogP contribution < -0.4 is 5.32 Å². The molecule has 5 nitrogen and oxygen atoms in total. The van der Waals surface area contributed by atoms with Gasteiger partial charge in [-0.2, -0.15) is 0 Å². The Morgan fingerprint density at radius 3 is 2.61 bits per heavy atom. The van der Waals surface area contributed by atoms with Crippen LogP contribution in [0.4, 0.5) is 16.0 Å². The van der Waals surface area contributed by atoms with E-state index < -0.39 is 5.31 Å². The SMILES string of the molecule is [B]C(C)(C)Cc1nc(NC)nn2cc(F)c(-c3ccc(N=C(C)C)c(C)c3)c12. The Balaban J connectivity index is 2.25.